The minimum Gasteiger partial charge on any atom is -0.322 e. The van der Waals surface area contributed by atoms with Gasteiger partial charge in [-0.2, -0.15) is 26.3 Å². The highest BCUT2D eigenvalue weighted by Crippen LogP contribution is 2.40. The lowest BCUT2D eigenvalue weighted by atomic mass is 9.97. The second-order valence-corrected chi connectivity index (χ2v) is 3.68. The van der Waals surface area contributed by atoms with E-state index in [2.05, 4.69) is 0 Å². The minimum absolute atomic E-state index is 0. The van der Waals surface area contributed by atoms with E-state index in [1.165, 1.54) is 0 Å². The van der Waals surface area contributed by atoms with Crippen LogP contribution in [0.1, 0.15) is 22.7 Å². The Morgan fingerprint density at radius 2 is 1.50 bits per heavy atom. The van der Waals surface area contributed by atoms with Crippen molar-refractivity contribution < 1.29 is 35.1 Å². The summed E-state index contributed by atoms with van der Waals surface area (Å²) in [7, 11) is 0. The molecule has 0 aliphatic rings. The van der Waals surface area contributed by atoms with Gasteiger partial charge in [0.15, 0.2) is 0 Å². The molecule has 0 spiro atoms. The van der Waals surface area contributed by atoms with Crippen molar-refractivity contribution in [3.63, 3.8) is 0 Å². The molecular formula is C10H8ClF8N. The van der Waals surface area contributed by atoms with Gasteiger partial charge in [-0.05, 0) is 12.1 Å². The third-order valence-corrected chi connectivity index (χ3v) is 2.30. The Morgan fingerprint density at radius 1 is 1.00 bits per heavy atom. The van der Waals surface area contributed by atoms with E-state index in [0.29, 0.717) is 0 Å². The van der Waals surface area contributed by atoms with Gasteiger partial charge in [-0.25, -0.2) is 8.78 Å². The molecule has 20 heavy (non-hydrogen) atoms. The summed E-state index contributed by atoms with van der Waals surface area (Å²) in [6.07, 6.45) is -10.4. The lowest BCUT2D eigenvalue weighted by molar-refractivity contribution is -0.144. The van der Waals surface area contributed by atoms with Crippen molar-refractivity contribution in [2.24, 2.45) is 5.73 Å². The van der Waals surface area contributed by atoms with Crippen LogP contribution in [0.4, 0.5) is 35.1 Å². The Balaban J connectivity index is 0.00000361. The van der Waals surface area contributed by atoms with Crippen LogP contribution in [0.5, 0.6) is 0 Å². The number of alkyl halides is 7. The molecule has 1 aromatic carbocycles. The Labute approximate surface area is 114 Å². The van der Waals surface area contributed by atoms with Gasteiger partial charge in [0.25, 0.3) is 0 Å². The van der Waals surface area contributed by atoms with Gasteiger partial charge in [0.2, 0.25) is 0 Å². The Bertz CT molecular complexity index is 468. The predicted molar refractivity (Wildman–Crippen MR) is 56.6 cm³/mol. The van der Waals surface area contributed by atoms with E-state index >= 15 is 0 Å². The third-order valence-electron chi connectivity index (χ3n) is 2.30. The zero-order valence-corrected chi connectivity index (χ0v) is 10.3. The van der Waals surface area contributed by atoms with Gasteiger partial charge in [-0.1, -0.05) is 0 Å². The summed E-state index contributed by atoms with van der Waals surface area (Å²) in [5, 5.41) is 0. The lowest BCUT2D eigenvalue weighted by Crippen LogP contribution is -2.22. The van der Waals surface area contributed by atoms with Crippen LogP contribution in [0.3, 0.4) is 0 Å². The summed E-state index contributed by atoms with van der Waals surface area (Å²) in [5.74, 6) is -1.84. The molecule has 0 unspecified atom stereocenters. The molecule has 116 valence electrons. The maximum absolute atomic E-state index is 13.4. The van der Waals surface area contributed by atoms with Gasteiger partial charge in [0.1, 0.15) is 12.5 Å². The molecule has 0 saturated heterocycles. The highest BCUT2D eigenvalue weighted by Gasteiger charge is 2.40. The van der Waals surface area contributed by atoms with Gasteiger partial charge >= 0.3 is 12.4 Å². The first kappa shape index (κ1) is 18.9. The highest BCUT2D eigenvalue weighted by molar-refractivity contribution is 5.85. The smallest absolute Gasteiger partial charge is 0.322 e. The van der Waals surface area contributed by atoms with Crippen molar-refractivity contribution in [2.45, 2.75) is 18.4 Å². The maximum atomic E-state index is 13.4. The Morgan fingerprint density at radius 3 is 1.85 bits per heavy atom. The van der Waals surface area contributed by atoms with Gasteiger partial charge in [0.05, 0.1) is 17.2 Å². The molecule has 0 fully saturated rings. The van der Waals surface area contributed by atoms with Crippen molar-refractivity contribution >= 4 is 12.4 Å². The summed E-state index contributed by atoms with van der Waals surface area (Å²) in [6, 6.07) is -2.41. The standard InChI is InChI=1S/C10H7F8N.ClH/c11-3-7(19)8-5(10(16,17)18)1-4(2-6(8)12)9(13,14)15;/h1-2,7H,3,19H2;1H/t7-;/m1./s1. The van der Waals surface area contributed by atoms with Gasteiger partial charge in [-0.15, -0.1) is 12.4 Å². The third kappa shape index (κ3) is 3.95. The van der Waals surface area contributed by atoms with Gasteiger partial charge in [0, 0.05) is 5.56 Å². The van der Waals surface area contributed by atoms with E-state index in [9.17, 15) is 35.1 Å². The normalized spacial score (nSPS) is 13.8. The number of benzene rings is 1. The molecule has 0 aromatic heterocycles. The topological polar surface area (TPSA) is 26.0 Å². The van der Waals surface area contributed by atoms with Crippen LogP contribution in [-0.2, 0) is 12.4 Å². The van der Waals surface area contributed by atoms with E-state index in [4.69, 9.17) is 5.73 Å². The van der Waals surface area contributed by atoms with Crippen molar-refractivity contribution in [2.75, 3.05) is 6.67 Å². The quantitative estimate of drug-likeness (QED) is 0.806. The van der Waals surface area contributed by atoms with E-state index in [-0.39, 0.29) is 24.5 Å². The van der Waals surface area contributed by atoms with Crippen LogP contribution >= 0.6 is 12.4 Å². The molecular weight excluding hydrogens is 322 g/mol. The lowest BCUT2D eigenvalue weighted by Gasteiger charge is -2.19. The minimum atomic E-state index is -5.27. The molecule has 0 aliphatic carbocycles. The maximum Gasteiger partial charge on any atom is 0.416 e. The largest absolute Gasteiger partial charge is 0.416 e. The van der Waals surface area contributed by atoms with Crippen LogP contribution in [0, 0.1) is 5.82 Å². The van der Waals surface area contributed by atoms with Gasteiger partial charge < -0.3 is 5.73 Å². The molecule has 1 rings (SSSR count). The first-order valence-electron chi connectivity index (χ1n) is 4.78. The fraction of sp³-hybridized carbons (Fsp3) is 0.400. The predicted octanol–water partition coefficient (Wildman–Crippen LogP) is 4.25. The zero-order valence-electron chi connectivity index (χ0n) is 9.45. The number of nitrogens with two attached hydrogens (primary N) is 1. The summed E-state index contributed by atoms with van der Waals surface area (Å²) in [4.78, 5) is 0. The molecule has 0 aliphatic heterocycles. The van der Waals surface area contributed by atoms with Crippen LogP contribution in [0.25, 0.3) is 0 Å². The molecule has 0 saturated carbocycles. The van der Waals surface area contributed by atoms with Crippen LogP contribution in [-0.4, -0.2) is 6.67 Å². The van der Waals surface area contributed by atoms with Crippen LogP contribution < -0.4 is 5.73 Å². The SMILES string of the molecule is Cl.N[C@H](CF)c1c(F)cc(C(F)(F)F)cc1C(F)(F)F. The Hall–Kier alpha value is -1.09. The summed E-state index contributed by atoms with van der Waals surface area (Å²) < 4.78 is 100. The molecule has 0 amide bonds. The van der Waals surface area contributed by atoms with Crippen molar-refractivity contribution in [3.8, 4) is 0 Å². The summed E-state index contributed by atoms with van der Waals surface area (Å²) in [5.41, 5.74) is -0.1000. The average Bonchev–Trinajstić information content (AvgIpc) is 2.24. The molecule has 1 nitrogen and oxygen atoms in total. The second-order valence-electron chi connectivity index (χ2n) is 3.68. The van der Waals surface area contributed by atoms with E-state index in [0.717, 1.165) is 0 Å². The first-order chi connectivity index (χ1) is 8.48. The van der Waals surface area contributed by atoms with Gasteiger partial charge in [-0.3, -0.25) is 0 Å². The second kappa shape index (κ2) is 6.13. The fourth-order valence-corrected chi connectivity index (χ4v) is 1.47. The van der Waals surface area contributed by atoms with E-state index in [1.54, 1.807) is 0 Å². The number of rotatable bonds is 2. The number of halogens is 9. The monoisotopic (exact) mass is 329 g/mol. The molecule has 0 heterocycles. The molecule has 0 bridgehead atoms. The van der Waals surface area contributed by atoms with E-state index < -0.39 is 47.6 Å². The number of hydrogen-bond acceptors (Lipinski definition) is 1. The fourth-order valence-electron chi connectivity index (χ4n) is 1.47. The molecule has 10 heteroatoms. The van der Waals surface area contributed by atoms with E-state index in [1.807, 2.05) is 0 Å². The molecule has 1 aromatic rings. The van der Waals surface area contributed by atoms with Crippen molar-refractivity contribution in [1.29, 1.82) is 0 Å². The zero-order chi connectivity index (χ0) is 15.0. The molecule has 1 atom stereocenters. The molecule has 0 radical (unpaired) electrons. The van der Waals surface area contributed by atoms with Crippen molar-refractivity contribution in [3.05, 3.63) is 34.6 Å². The van der Waals surface area contributed by atoms with Crippen LogP contribution in [0.15, 0.2) is 12.1 Å². The average molecular weight is 330 g/mol. The first-order valence-corrected chi connectivity index (χ1v) is 4.78. The highest BCUT2D eigenvalue weighted by atomic mass is 35.5. The summed E-state index contributed by atoms with van der Waals surface area (Å²) in [6.45, 7) is -1.54. The van der Waals surface area contributed by atoms with Crippen LogP contribution in [0.2, 0.25) is 0 Å². The number of hydrogen-bond donors (Lipinski definition) is 1. The van der Waals surface area contributed by atoms with Crippen molar-refractivity contribution in [1.82, 2.24) is 0 Å². The Kier molecular flexibility index (Phi) is 5.79. The summed E-state index contributed by atoms with van der Waals surface area (Å²) >= 11 is 0. The molecule has 2 N–H and O–H groups in total.